The van der Waals surface area contributed by atoms with Gasteiger partial charge in [0.05, 0.1) is 6.61 Å². The third-order valence-corrected chi connectivity index (χ3v) is 5.71. The molecule has 0 bridgehead atoms. The maximum absolute atomic E-state index is 12.5. The number of nitrogens with zero attached hydrogens (tertiary/aromatic N) is 1. The molecule has 0 saturated carbocycles. The maximum Gasteiger partial charge on any atom is 0.280 e. The lowest BCUT2D eigenvalue weighted by molar-refractivity contribution is 0.153. The Morgan fingerprint density at radius 3 is 2.76 bits per heavy atom. The van der Waals surface area contributed by atoms with E-state index >= 15 is 0 Å². The van der Waals surface area contributed by atoms with E-state index in [9.17, 15) is 13.5 Å². The zero-order chi connectivity index (χ0) is 15.6. The number of aliphatic hydroxyl groups is 1. The summed E-state index contributed by atoms with van der Waals surface area (Å²) in [5, 5.41) is 9.37. The van der Waals surface area contributed by atoms with Crippen molar-refractivity contribution in [3.63, 3.8) is 0 Å². The smallest absolute Gasteiger partial charge is 0.280 e. The van der Waals surface area contributed by atoms with E-state index in [2.05, 4.69) is 4.72 Å². The van der Waals surface area contributed by atoms with Crippen molar-refractivity contribution in [1.82, 2.24) is 9.03 Å². The average Bonchev–Trinajstić information content (AvgIpc) is 2.77. The molecule has 1 saturated heterocycles. The van der Waals surface area contributed by atoms with Crippen LogP contribution < -0.4 is 4.72 Å². The summed E-state index contributed by atoms with van der Waals surface area (Å²) >= 11 is 0. The number of hydrogen-bond acceptors (Lipinski definition) is 4. The molecule has 2 heterocycles. The molecule has 2 N–H and O–H groups in total. The first kappa shape index (κ1) is 16.5. The van der Waals surface area contributed by atoms with Crippen LogP contribution in [-0.4, -0.2) is 37.0 Å². The number of rotatable bonds is 5. The molecular formula is C14H24N2O4S. The number of piperidine rings is 1. The quantitative estimate of drug-likeness (QED) is 0.865. The first-order valence-corrected chi connectivity index (χ1v) is 8.76. The van der Waals surface area contributed by atoms with Crippen LogP contribution in [0.25, 0.3) is 0 Å². The van der Waals surface area contributed by atoms with Crippen molar-refractivity contribution in [3.8, 4) is 0 Å². The van der Waals surface area contributed by atoms with Crippen molar-refractivity contribution in [2.45, 2.75) is 52.1 Å². The molecule has 21 heavy (non-hydrogen) atoms. The summed E-state index contributed by atoms with van der Waals surface area (Å²) in [5.41, 5.74) is 0.841. The van der Waals surface area contributed by atoms with Gasteiger partial charge in [0.2, 0.25) is 0 Å². The number of aliphatic hydroxyl groups excluding tert-OH is 1. The minimum absolute atomic E-state index is 0.140. The lowest BCUT2D eigenvalue weighted by Gasteiger charge is -2.34. The average molecular weight is 316 g/mol. The zero-order valence-corrected chi connectivity index (χ0v) is 13.6. The van der Waals surface area contributed by atoms with Gasteiger partial charge in [0.15, 0.2) is 0 Å². The van der Waals surface area contributed by atoms with E-state index in [1.54, 1.807) is 6.92 Å². The third-order valence-electron chi connectivity index (χ3n) is 3.96. The highest BCUT2D eigenvalue weighted by Gasteiger charge is 2.33. The van der Waals surface area contributed by atoms with Crippen LogP contribution in [-0.2, 0) is 10.2 Å². The van der Waals surface area contributed by atoms with Crippen LogP contribution in [0.2, 0.25) is 0 Å². The Balaban J connectivity index is 2.14. The highest BCUT2D eigenvalue weighted by Crippen LogP contribution is 2.24. The standard InChI is InChI=1S/C14H24N2O4S/c1-10-8-14(12(3)20-10)11(2)15-21(18,19)16-7-5-4-6-13(16)9-17/h8,11,13,15,17H,4-7,9H2,1-3H3. The normalized spacial score (nSPS) is 22.4. The second-order valence-corrected chi connectivity index (χ2v) is 7.31. The van der Waals surface area contributed by atoms with Gasteiger partial charge in [-0.25, -0.2) is 0 Å². The molecule has 0 aliphatic carbocycles. The predicted molar refractivity (Wildman–Crippen MR) is 80.1 cm³/mol. The first-order valence-electron chi connectivity index (χ1n) is 7.32. The van der Waals surface area contributed by atoms with Gasteiger partial charge >= 0.3 is 0 Å². The number of aryl methyl sites for hydroxylation is 2. The molecule has 1 fully saturated rings. The van der Waals surface area contributed by atoms with E-state index in [1.807, 2.05) is 19.9 Å². The Hall–Kier alpha value is -0.890. The van der Waals surface area contributed by atoms with Gasteiger partial charge < -0.3 is 9.52 Å². The van der Waals surface area contributed by atoms with Gasteiger partial charge in [0, 0.05) is 24.2 Å². The van der Waals surface area contributed by atoms with E-state index in [0.29, 0.717) is 13.0 Å². The van der Waals surface area contributed by atoms with Gasteiger partial charge in [-0.15, -0.1) is 0 Å². The van der Waals surface area contributed by atoms with Crippen LogP contribution in [0.1, 0.15) is 49.3 Å². The molecule has 1 aromatic rings. The molecule has 2 unspecified atom stereocenters. The van der Waals surface area contributed by atoms with E-state index in [-0.39, 0.29) is 18.7 Å². The van der Waals surface area contributed by atoms with Crippen molar-refractivity contribution in [3.05, 3.63) is 23.2 Å². The molecule has 1 aliphatic heterocycles. The Kier molecular flexibility index (Phi) is 5.08. The monoisotopic (exact) mass is 316 g/mol. The number of furan rings is 1. The molecule has 1 aromatic heterocycles. The summed E-state index contributed by atoms with van der Waals surface area (Å²) in [4.78, 5) is 0. The van der Waals surface area contributed by atoms with Gasteiger partial charge in [-0.1, -0.05) is 6.42 Å². The summed E-state index contributed by atoms with van der Waals surface area (Å²) in [6.45, 7) is 5.78. The second kappa shape index (κ2) is 6.48. The fourth-order valence-corrected chi connectivity index (χ4v) is 4.55. The number of hydrogen-bond donors (Lipinski definition) is 2. The van der Waals surface area contributed by atoms with Crippen LogP contribution >= 0.6 is 0 Å². The topological polar surface area (TPSA) is 82.8 Å². The van der Waals surface area contributed by atoms with Crippen LogP contribution in [0.15, 0.2) is 10.5 Å². The van der Waals surface area contributed by atoms with Crippen molar-refractivity contribution < 1.29 is 17.9 Å². The van der Waals surface area contributed by atoms with Gasteiger partial charge in [-0.2, -0.15) is 17.4 Å². The maximum atomic E-state index is 12.5. The molecule has 0 spiro atoms. The minimum Gasteiger partial charge on any atom is -0.466 e. The Bertz CT molecular complexity index is 582. The summed E-state index contributed by atoms with van der Waals surface area (Å²) in [7, 11) is -3.62. The SMILES string of the molecule is Cc1cc(C(C)NS(=O)(=O)N2CCCCC2CO)c(C)o1. The summed E-state index contributed by atoms with van der Waals surface area (Å²) < 4.78 is 34.6. The number of nitrogens with one attached hydrogen (secondary N) is 1. The van der Waals surface area contributed by atoms with Crippen molar-refractivity contribution >= 4 is 10.2 Å². The molecule has 120 valence electrons. The van der Waals surface area contributed by atoms with E-state index in [0.717, 1.165) is 29.9 Å². The fourth-order valence-electron chi connectivity index (χ4n) is 2.91. The second-order valence-electron chi connectivity index (χ2n) is 5.66. The Morgan fingerprint density at radius 1 is 1.48 bits per heavy atom. The first-order chi connectivity index (χ1) is 9.85. The molecule has 0 radical (unpaired) electrons. The molecule has 1 aliphatic rings. The van der Waals surface area contributed by atoms with Crippen molar-refractivity contribution in [1.29, 1.82) is 0 Å². The lowest BCUT2D eigenvalue weighted by Crippen LogP contribution is -2.50. The van der Waals surface area contributed by atoms with Gasteiger partial charge in [-0.3, -0.25) is 0 Å². The molecule has 0 aromatic carbocycles. The molecule has 0 amide bonds. The summed E-state index contributed by atoms with van der Waals surface area (Å²) in [6, 6.07) is 1.16. The van der Waals surface area contributed by atoms with E-state index < -0.39 is 10.2 Å². The molecule has 6 nitrogen and oxygen atoms in total. The van der Waals surface area contributed by atoms with E-state index in [4.69, 9.17) is 4.42 Å². The highest BCUT2D eigenvalue weighted by molar-refractivity contribution is 7.87. The summed E-state index contributed by atoms with van der Waals surface area (Å²) in [6.07, 6.45) is 2.48. The van der Waals surface area contributed by atoms with Crippen molar-refractivity contribution in [2.75, 3.05) is 13.2 Å². The molecule has 2 rings (SSSR count). The molecule has 7 heteroatoms. The van der Waals surface area contributed by atoms with Crippen LogP contribution in [0.5, 0.6) is 0 Å². The molecular weight excluding hydrogens is 292 g/mol. The van der Waals surface area contributed by atoms with Crippen LogP contribution in [0.4, 0.5) is 0 Å². The predicted octanol–water partition coefficient (Wildman–Crippen LogP) is 1.64. The zero-order valence-electron chi connectivity index (χ0n) is 12.8. The Labute approximate surface area is 126 Å². The summed E-state index contributed by atoms with van der Waals surface area (Å²) in [5.74, 6) is 1.49. The van der Waals surface area contributed by atoms with Gasteiger partial charge in [-0.05, 0) is 39.7 Å². The minimum atomic E-state index is -3.62. The Morgan fingerprint density at radius 2 is 2.19 bits per heavy atom. The van der Waals surface area contributed by atoms with Gasteiger partial charge in [0.25, 0.3) is 10.2 Å². The van der Waals surface area contributed by atoms with Gasteiger partial charge in [0.1, 0.15) is 11.5 Å². The van der Waals surface area contributed by atoms with Crippen LogP contribution in [0.3, 0.4) is 0 Å². The van der Waals surface area contributed by atoms with Crippen molar-refractivity contribution in [2.24, 2.45) is 0 Å². The van der Waals surface area contributed by atoms with E-state index in [1.165, 1.54) is 4.31 Å². The largest absolute Gasteiger partial charge is 0.466 e. The lowest BCUT2D eigenvalue weighted by atomic mass is 10.1. The highest BCUT2D eigenvalue weighted by atomic mass is 32.2. The van der Waals surface area contributed by atoms with Crippen LogP contribution in [0, 0.1) is 13.8 Å². The fraction of sp³-hybridized carbons (Fsp3) is 0.714. The molecule has 2 atom stereocenters. The third kappa shape index (κ3) is 3.66.